The quantitative estimate of drug-likeness (QED) is 0.125. The number of aromatic nitrogens is 2. The highest BCUT2D eigenvalue weighted by atomic mass is 35.5. The molecule has 10 nitrogen and oxygen atoms in total. The molecule has 0 bridgehead atoms. The summed E-state index contributed by atoms with van der Waals surface area (Å²) in [4.78, 5) is 13.5. The van der Waals surface area contributed by atoms with Gasteiger partial charge in [0.05, 0.1) is 10.0 Å². The van der Waals surface area contributed by atoms with Crippen LogP contribution in [0.25, 0.3) is 0 Å². The van der Waals surface area contributed by atoms with Crippen molar-refractivity contribution in [3.63, 3.8) is 0 Å². The molecule has 3 aromatic rings. The van der Waals surface area contributed by atoms with Crippen molar-refractivity contribution in [2.75, 3.05) is 11.9 Å². The van der Waals surface area contributed by atoms with Gasteiger partial charge in [-0.1, -0.05) is 60.8 Å². The average Bonchev–Trinajstić information content (AvgIpc) is 2.81. The van der Waals surface area contributed by atoms with Gasteiger partial charge in [0, 0.05) is 15.5 Å². The molecule has 37 heavy (non-hydrogen) atoms. The number of anilines is 1. The average molecular weight is 588 g/mol. The lowest BCUT2D eigenvalue weighted by molar-refractivity contribution is -0.677. The third-order valence-electron chi connectivity index (χ3n) is 4.79. The lowest BCUT2D eigenvalue weighted by atomic mass is 10.4. The molecule has 0 amide bonds. The molecule has 0 saturated heterocycles. The van der Waals surface area contributed by atoms with Gasteiger partial charge in [0.25, 0.3) is 5.95 Å². The van der Waals surface area contributed by atoms with Crippen LogP contribution in [0.5, 0.6) is 0 Å². The fourth-order valence-corrected chi connectivity index (χ4v) is 6.43. The van der Waals surface area contributed by atoms with Gasteiger partial charge in [0.1, 0.15) is 16.4 Å². The van der Waals surface area contributed by atoms with Crippen molar-refractivity contribution in [2.24, 2.45) is 0 Å². The summed E-state index contributed by atoms with van der Waals surface area (Å²) < 4.78 is 56.9. The minimum Gasteiger partial charge on any atom is -0.346 e. The maximum Gasteiger partial charge on any atom is 0.421 e. The van der Waals surface area contributed by atoms with Crippen LogP contribution >= 0.6 is 23.2 Å². The van der Waals surface area contributed by atoms with Gasteiger partial charge in [-0.05, 0) is 50.6 Å². The maximum atomic E-state index is 13.8. The van der Waals surface area contributed by atoms with E-state index in [-0.39, 0.29) is 32.4 Å². The van der Waals surface area contributed by atoms with E-state index in [0.29, 0.717) is 28.4 Å². The number of guanidine groups is 1. The minimum absolute atomic E-state index is 0.0487. The third-order valence-corrected chi connectivity index (χ3v) is 8.71. The molecule has 0 unspecified atom stereocenters. The highest BCUT2D eigenvalue weighted by molar-refractivity contribution is 7.90. The van der Waals surface area contributed by atoms with E-state index < -0.39 is 26.0 Å². The zero-order valence-corrected chi connectivity index (χ0v) is 23.4. The Morgan fingerprint density at radius 3 is 2.00 bits per heavy atom. The van der Waals surface area contributed by atoms with Gasteiger partial charge in [-0.3, -0.25) is 0 Å². The molecule has 1 aromatic heterocycles. The van der Waals surface area contributed by atoms with Crippen LogP contribution in [0.4, 0.5) is 5.95 Å². The number of hydrogen-bond donors (Lipinski definition) is 2. The van der Waals surface area contributed by atoms with Gasteiger partial charge < -0.3 is 4.84 Å². The van der Waals surface area contributed by atoms with Crippen LogP contribution in [0.2, 0.25) is 10.0 Å². The predicted octanol–water partition coefficient (Wildman–Crippen LogP) is 4.28. The van der Waals surface area contributed by atoms with Crippen molar-refractivity contribution < 1.29 is 25.8 Å². The van der Waals surface area contributed by atoms with Crippen LogP contribution in [0.15, 0.2) is 64.4 Å². The minimum atomic E-state index is -4.55. The Labute approximate surface area is 226 Å². The smallest absolute Gasteiger partial charge is 0.346 e. The molecule has 14 heteroatoms. The first-order valence-electron chi connectivity index (χ1n) is 11.1. The number of nitrogens with one attached hydrogen (secondary N) is 2. The summed E-state index contributed by atoms with van der Waals surface area (Å²) in [6.07, 6.45) is 1.17. The molecule has 0 saturated carbocycles. The molecule has 0 radical (unpaired) electrons. The summed E-state index contributed by atoms with van der Waals surface area (Å²) in [5.74, 6) is -0.659. The lowest BCUT2D eigenvalue weighted by Gasteiger charge is -2.15. The van der Waals surface area contributed by atoms with Crippen molar-refractivity contribution in [3.8, 4) is 0 Å². The number of hydrogen-bond acceptors (Lipinski definition) is 7. The van der Waals surface area contributed by atoms with E-state index in [1.807, 2.05) is 6.92 Å². The van der Waals surface area contributed by atoms with Gasteiger partial charge in [0.2, 0.25) is 0 Å². The Morgan fingerprint density at radius 2 is 1.46 bits per heavy atom. The summed E-state index contributed by atoms with van der Waals surface area (Å²) in [6.45, 7) is 5.27. The van der Waals surface area contributed by atoms with Crippen molar-refractivity contribution >= 4 is 55.2 Å². The van der Waals surface area contributed by atoms with Crippen LogP contribution in [0, 0.1) is 13.8 Å². The molecule has 0 aliphatic carbocycles. The molecule has 0 spiro atoms. The molecule has 0 aliphatic heterocycles. The number of halogens is 2. The van der Waals surface area contributed by atoms with Crippen LogP contribution < -0.4 is 10.0 Å². The molecule has 0 fully saturated rings. The van der Waals surface area contributed by atoms with Crippen molar-refractivity contribution in [3.05, 3.63) is 76.0 Å². The predicted molar refractivity (Wildman–Crippen MR) is 142 cm³/mol. The van der Waals surface area contributed by atoms with E-state index >= 15 is 0 Å². The Bertz CT molecular complexity index is 1510. The highest BCUT2D eigenvalue weighted by Gasteiger charge is 2.36. The monoisotopic (exact) mass is 586 g/mol. The third kappa shape index (κ3) is 7.10. The molecule has 3 rings (SSSR count). The van der Waals surface area contributed by atoms with Crippen molar-refractivity contribution in [2.45, 2.75) is 43.4 Å². The largest absolute Gasteiger partial charge is 0.421 e. The molecule has 2 N–H and O–H groups in total. The Morgan fingerprint density at radius 1 is 0.919 bits per heavy atom. The number of sulfonamides is 2. The number of aryl methyl sites for hydroxylation is 2. The second-order valence-electron chi connectivity index (χ2n) is 7.83. The van der Waals surface area contributed by atoms with Crippen LogP contribution in [0.3, 0.4) is 0 Å². The summed E-state index contributed by atoms with van der Waals surface area (Å²) >= 11 is 12.3. The van der Waals surface area contributed by atoms with Gasteiger partial charge in [0.15, 0.2) is 0 Å². The van der Waals surface area contributed by atoms with E-state index in [1.54, 1.807) is 32.0 Å². The summed E-state index contributed by atoms with van der Waals surface area (Å²) in [5.41, 5.74) is 1.13. The number of nitrogens with zero attached hydrogens (tertiary/aromatic N) is 3. The fourth-order valence-electron chi connectivity index (χ4n) is 3.13. The highest BCUT2D eigenvalue weighted by Crippen LogP contribution is 2.24. The van der Waals surface area contributed by atoms with E-state index in [1.165, 1.54) is 36.4 Å². The van der Waals surface area contributed by atoms with Gasteiger partial charge in [-0.25, -0.2) is 15.3 Å². The zero-order valence-electron chi connectivity index (χ0n) is 20.3. The number of rotatable bonds is 9. The van der Waals surface area contributed by atoms with Gasteiger partial charge >= 0.3 is 26.0 Å². The molecule has 1 heterocycles. The SMILES string of the molecule is CCCCO[N+](=C(Nc1nc(C)cc(C)n1)NS(=O)(=O)c1ccccc1Cl)S(=O)(=O)c1ccccc1Cl. The molecule has 2 aromatic carbocycles. The molecule has 198 valence electrons. The Balaban J connectivity index is 2.27. The van der Waals surface area contributed by atoms with E-state index in [4.69, 9.17) is 28.0 Å². The number of benzene rings is 2. The Kier molecular flexibility index (Phi) is 9.35. The first-order valence-corrected chi connectivity index (χ1v) is 14.8. The second kappa shape index (κ2) is 12.1. The Hall–Kier alpha value is -2.93. The lowest BCUT2D eigenvalue weighted by Crippen LogP contribution is -2.45. The first kappa shape index (κ1) is 28.6. The molecule has 0 atom stereocenters. The fraction of sp³-hybridized carbons (Fsp3) is 0.261. The van der Waals surface area contributed by atoms with E-state index in [0.717, 1.165) is 0 Å². The molecular formula is C23H26Cl2N5O5S2+. The summed E-state index contributed by atoms with van der Waals surface area (Å²) in [5, 5.41) is 2.52. The van der Waals surface area contributed by atoms with Gasteiger partial charge in [-0.2, -0.15) is 21.6 Å². The summed E-state index contributed by atoms with van der Waals surface area (Å²) in [6, 6.07) is 13.1. The van der Waals surface area contributed by atoms with Crippen LogP contribution in [-0.2, 0) is 24.9 Å². The van der Waals surface area contributed by atoms with E-state index in [2.05, 4.69) is 20.0 Å². The van der Waals surface area contributed by atoms with E-state index in [9.17, 15) is 16.8 Å². The number of unbranched alkanes of at least 4 members (excludes halogenated alkanes) is 1. The van der Waals surface area contributed by atoms with Crippen LogP contribution in [0.1, 0.15) is 31.2 Å². The van der Waals surface area contributed by atoms with Crippen LogP contribution in [-0.4, -0.2) is 43.5 Å². The van der Waals surface area contributed by atoms with Crippen molar-refractivity contribution in [1.29, 1.82) is 0 Å². The maximum absolute atomic E-state index is 13.8. The molecule has 0 aliphatic rings. The van der Waals surface area contributed by atoms with Gasteiger partial charge in [-0.15, -0.1) is 0 Å². The summed E-state index contributed by atoms with van der Waals surface area (Å²) in [7, 11) is -8.97. The molecular weight excluding hydrogens is 561 g/mol. The first-order chi connectivity index (χ1) is 17.5. The topological polar surface area (TPSA) is 130 Å². The second-order valence-corrected chi connectivity index (χ2v) is 12.0. The van der Waals surface area contributed by atoms with Crippen molar-refractivity contribution in [1.82, 2.24) is 14.7 Å². The zero-order chi connectivity index (χ0) is 27.2. The normalized spacial score (nSPS) is 12.6. The standard InChI is InChI=1S/C23H25Cl2N5O5S2/c1-4-5-14-35-30(37(33,34)21-13-9-7-11-19(21)25)23(28-22-26-16(2)15-17(3)27-22)29-36(31,32)20-12-8-6-10-18(20)24/h6-13,15H,4-5,14H2,1-3H3,(H,26,27,28,29)/p+1.